The minimum atomic E-state index is -3.23. The third-order valence-electron chi connectivity index (χ3n) is 2.56. The van der Waals surface area contributed by atoms with Crippen LogP contribution in [0.1, 0.15) is 18.1 Å². The van der Waals surface area contributed by atoms with Gasteiger partial charge in [-0.3, -0.25) is 0 Å². The number of nitrogens with zero attached hydrogens (tertiary/aromatic N) is 1. The smallest absolute Gasteiger partial charge is 0.215 e. The van der Waals surface area contributed by atoms with E-state index in [1.807, 2.05) is 38.1 Å². The largest absolute Gasteiger partial charge is 0.329 e. The predicted octanol–water partition coefficient (Wildman–Crippen LogP) is 1.11. The lowest BCUT2D eigenvalue weighted by molar-refractivity contribution is 0.423. The molecule has 1 aromatic rings. The minimum absolute atomic E-state index is 0.00660. The molecule has 0 heterocycles. The second-order valence-corrected chi connectivity index (χ2v) is 6.11. The molecule has 2 N–H and O–H groups in total. The van der Waals surface area contributed by atoms with Crippen molar-refractivity contribution in [3.05, 3.63) is 35.4 Å². The average Bonchev–Trinajstić information content (AvgIpc) is 2.25. The molecule has 0 aliphatic heterocycles. The average molecular weight is 256 g/mol. The Morgan fingerprint density at radius 1 is 1.35 bits per heavy atom. The summed E-state index contributed by atoms with van der Waals surface area (Å²) in [5.74, 6) is 0.00660. The SMILES string of the molecule is CCN(Cc1cccc(C)c1)S(=O)(=O)CCN. The van der Waals surface area contributed by atoms with Crippen LogP contribution in [-0.2, 0) is 16.6 Å². The molecule has 0 atom stereocenters. The molecule has 96 valence electrons. The van der Waals surface area contributed by atoms with Gasteiger partial charge in [-0.2, -0.15) is 4.31 Å². The fraction of sp³-hybridized carbons (Fsp3) is 0.500. The van der Waals surface area contributed by atoms with Gasteiger partial charge in [-0.05, 0) is 12.5 Å². The zero-order valence-corrected chi connectivity index (χ0v) is 11.2. The van der Waals surface area contributed by atoms with Gasteiger partial charge in [-0.25, -0.2) is 8.42 Å². The Labute approximate surface area is 103 Å². The Kier molecular flexibility index (Phi) is 5.11. The fourth-order valence-corrected chi connectivity index (χ4v) is 2.99. The maximum Gasteiger partial charge on any atom is 0.215 e. The summed E-state index contributed by atoms with van der Waals surface area (Å²) in [4.78, 5) is 0. The highest BCUT2D eigenvalue weighted by Crippen LogP contribution is 2.11. The van der Waals surface area contributed by atoms with Gasteiger partial charge in [-0.1, -0.05) is 36.8 Å². The van der Waals surface area contributed by atoms with Crippen LogP contribution in [0, 0.1) is 6.92 Å². The predicted molar refractivity (Wildman–Crippen MR) is 70.1 cm³/mol. The monoisotopic (exact) mass is 256 g/mol. The third-order valence-corrected chi connectivity index (χ3v) is 4.49. The van der Waals surface area contributed by atoms with Crippen molar-refractivity contribution < 1.29 is 8.42 Å². The summed E-state index contributed by atoms with van der Waals surface area (Å²) in [5.41, 5.74) is 7.46. The molecular formula is C12H20N2O2S. The first-order valence-corrected chi connectivity index (χ1v) is 7.34. The molecule has 0 unspecified atom stereocenters. The molecular weight excluding hydrogens is 236 g/mol. The quantitative estimate of drug-likeness (QED) is 0.829. The van der Waals surface area contributed by atoms with Gasteiger partial charge in [0, 0.05) is 19.6 Å². The van der Waals surface area contributed by atoms with Crippen molar-refractivity contribution in [3.63, 3.8) is 0 Å². The van der Waals surface area contributed by atoms with Crippen molar-refractivity contribution in [1.29, 1.82) is 0 Å². The molecule has 0 bridgehead atoms. The van der Waals surface area contributed by atoms with Crippen LogP contribution >= 0.6 is 0 Å². The van der Waals surface area contributed by atoms with Gasteiger partial charge in [0.25, 0.3) is 0 Å². The lowest BCUT2D eigenvalue weighted by Gasteiger charge is -2.20. The second kappa shape index (κ2) is 6.14. The molecule has 0 aliphatic carbocycles. The summed E-state index contributed by atoms with van der Waals surface area (Å²) in [5, 5.41) is 0. The molecule has 1 aromatic carbocycles. The lowest BCUT2D eigenvalue weighted by atomic mass is 10.1. The van der Waals surface area contributed by atoms with E-state index in [0.717, 1.165) is 11.1 Å². The number of aryl methyl sites for hydroxylation is 1. The fourth-order valence-electron chi connectivity index (χ4n) is 1.70. The molecule has 0 saturated heterocycles. The molecule has 17 heavy (non-hydrogen) atoms. The van der Waals surface area contributed by atoms with Crippen molar-refractivity contribution in [2.75, 3.05) is 18.8 Å². The van der Waals surface area contributed by atoms with Gasteiger partial charge in [0.05, 0.1) is 5.75 Å². The number of hydrogen-bond donors (Lipinski definition) is 1. The van der Waals surface area contributed by atoms with E-state index in [2.05, 4.69) is 0 Å². The molecule has 1 rings (SSSR count). The van der Waals surface area contributed by atoms with Crippen LogP contribution in [0.4, 0.5) is 0 Å². The summed E-state index contributed by atoms with van der Waals surface area (Å²) in [6.45, 7) is 4.88. The first-order chi connectivity index (χ1) is 7.99. The lowest BCUT2D eigenvalue weighted by Crippen LogP contribution is -2.34. The Morgan fingerprint density at radius 3 is 2.59 bits per heavy atom. The van der Waals surface area contributed by atoms with Gasteiger partial charge in [0.15, 0.2) is 0 Å². The van der Waals surface area contributed by atoms with E-state index in [9.17, 15) is 8.42 Å². The zero-order valence-electron chi connectivity index (χ0n) is 10.4. The minimum Gasteiger partial charge on any atom is -0.329 e. The standard InChI is InChI=1S/C12H20N2O2S/c1-3-14(17(15,16)8-7-13)10-12-6-4-5-11(2)9-12/h4-6,9H,3,7-8,10,13H2,1-2H3. The summed E-state index contributed by atoms with van der Waals surface area (Å²) >= 11 is 0. The molecule has 0 amide bonds. The molecule has 5 heteroatoms. The Balaban J connectivity index is 2.84. The summed E-state index contributed by atoms with van der Waals surface area (Å²) in [7, 11) is -3.23. The molecule has 0 fully saturated rings. The molecule has 0 saturated carbocycles. The number of hydrogen-bond acceptors (Lipinski definition) is 3. The van der Waals surface area contributed by atoms with Crippen molar-refractivity contribution in [2.24, 2.45) is 5.73 Å². The van der Waals surface area contributed by atoms with Crippen LogP contribution in [0.25, 0.3) is 0 Å². The Bertz CT molecular complexity index is 457. The molecule has 4 nitrogen and oxygen atoms in total. The van der Waals surface area contributed by atoms with Crippen molar-refractivity contribution in [3.8, 4) is 0 Å². The highest BCUT2D eigenvalue weighted by Gasteiger charge is 2.19. The van der Waals surface area contributed by atoms with Gasteiger partial charge >= 0.3 is 0 Å². The Hall–Kier alpha value is -0.910. The maximum absolute atomic E-state index is 11.9. The van der Waals surface area contributed by atoms with Crippen LogP contribution in [0.15, 0.2) is 24.3 Å². The zero-order chi connectivity index (χ0) is 12.9. The van der Waals surface area contributed by atoms with E-state index >= 15 is 0 Å². The first kappa shape index (κ1) is 14.2. The number of benzene rings is 1. The maximum atomic E-state index is 11.9. The number of nitrogens with two attached hydrogens (primary N) is 1. The molecule has 0 radical (unpaired) electrons. The van der Waals surface area contributed by atoms with Gasteiger partial charge in [0.2, 0.25) is 10.0 Å². The highest BCUT2D eigenvalue weighted by atomic mass is 32.2. The van der Waals surface area contributed by atoms with Crippen molar-refractivity contribution in [2.45, 2.75) is 20.4 Å². The van der Waals surface area contributed by atoms with Crippen molar-refractivity contribution >= 4 is 10.0 Å². The molecule has 0 aromatic heterocycles. The van der Waals surface area contributed by atoms with E-state index in [0.29, 0.717) is 13.1 Å². The summed E-state index contributed by atoms with van der Waals surface area (Å²) < 4.78 is 25.3. The van der Waals surface area contributed by atoms with E-state index in [-0.39, 0.29) is 12.3 Å². The number of sulfonamides is 1. The summed E-state index contributed by atoms with van der Waals surface area (Å²) in [6.07, 6.45) is 0. The van der Waals surface area contributed by atoms with Gasteiger partial charge in [0.1, 0.15) is 0 Å². The Morgan fingerprint density at radius 2 is 2.06 bits per heavy atom. The molecule has 0 spiro atoms. The van der Waals surface area contributed by atoms with Crippen LogP contribution in [0.3, 0.4) is 0 Å². The second-order valence-electron chi connectivity index (χ2n) is 4.02. The van der Waals surface area contributed by atoms with E-state index in [1.54, 1.807) is 0 Å². The van der Waals surface area contributed by atoms with Gasteiger partial charge < -0.3 is 5.73 Å². The molecule has 0 aliphatic rings. The van der Waals surface area contributed by atoms with Crippen LogP contribution in [0.5, 0.6) is 0 Å². The van der Waals surface area contributed by atoms with Crippen LogP contribution in [0.2, 0.25) is 0 Å². The van der Waals surface area contributed by atoms with Crippen molar-refractivity contribution in [1.82, 2.24) is 4.31 Å². The van der Waals surface area contributed by atoms with E-state index < -0.39 is 10.0 Å². The third kappa shape index (κ3) is 4.11. The summed E-state index contributed by atoms with van der Waals surface area (Å²) in [6, 6.07) is 7.87. The first-order valence-electron chi connectivity index (χ1n) is 5.73. The van der Waals surface area contributed by atoms with Crippen LogP contribution in [-0.4, -0.2) is 31.6 Å². The highest BCUT2D eigenvalue weighted by molar-refractivity contribution is 7.89. The number of rotatable bonds is 6. The van der Waals surface area contributed by atoms with E-state index in [4.69, 9.17) is 5.73 Å². The normalized spacial score (nSPS) is 12.0. The van der Waals surface area contributed by atoms with Gasteiger partial charge in [-0.15, -0.1) is 0 Å². The van der Waals surface area contributed by atoms with Crippen LogP contribution < -0.4 is 5.73 Å². The topological polar surface area (TPSA) is 63.4 Å². The van der Waals surface area contributed by atoms with E-state index in [1.165, 1.54) is 4.31 Å².